The summed E-state index contributed by atoms with van der Waals surface area (Å²) in [6, 6.07) is 13.5. The smallest absolute Gasteiger partial charge is 0.260 e. The molecule has 1 heterocycles. The number of nitrogens with one attached hydrogen (secondary N) is 1. The van der Waals surface area contributed by atoms with E-state index in [0.29, 0.717) is 38.5 Å². The SMILES string of the molecule is Cc1ccc(NC(=O)CN2CCN(C(=O)COc3ccc(C)cc3Br)CC2)cc1. The van der Waals surface area contributed by atoms with Crippen molar-refractivity contribution in [1.82, 2.24) is 9.80 Å². The average Bonchev–Trinajstić information content (AvgIpc) is 2.69. The number of amides is 2. The van der Waals surface area contributed by atoms with Crippen molar-refractivity contribution in [2.45, 2.75) is 13.8 Å². The fraction of sp³-hybridized carbons (Fsp3) is 0.364. The number of benzene rings is 2. The number of halogens is 1. The fourth-order valence-corrected chi connectivity index (χ4v) is 3.76. The first-order valence-corrected chi connectivity index (χ1v) is 10.5. The van der Waals surface area contributed by atoms with Crippen LogP contribution in [0.5, 0.6) is 5.75 Å². The van der Waals surface area contributed by atoms with Crippen LogP contribution in [0.2, 0.25) is 0 Å². The van der Waals surface area contributed by atoms with Crippen LogP contribution >= 0.6 is 15.9 Å². The number of carbonyl (C=O) groups excluding carboxylic acids is 2. The summed E-state index contributed by atoms with van der Waals surface area (Å²) in [5, 5.41) is 2.91. The van der Waals surface area contributed by atoms with Gasteiger partial charge in [0.05, 0.1) is 11.0 Å². The maximum absolute atomic E-state index is 12.4. The first kappa shape index (κ1) is 21.3. The van der Waals surface area contributed by atoms with E-state index in [1.807, 2.05) is 56.3 Å². The standard InChI is InChI=1S/C22H26BrN3O3/c1-16-3-6-18(7-4-16)24-21(27)14-25-9-11-26(12-10-25)22(28)15-29-20-8-5-17(2)13-19(20)23/h3-8,13H,9-12,14-15H2,1-2H3,(H,24,27). The molecule has 0 bridgehead atoms. The number of rotatable bonds is 6. The largest absolute Gasteiger partial charge is 0.483 e. The normalized spacial score (nSPS) is 14.5. The highest BCUT2D eigenvalue weighted by atomic mass is 79.9. The minimum atomic E-state index is -0.0406. The molecule has 1 N–H and O–H groups in total. The molecular formula is C22H26BrN3O3. The molecule has 2 amide bonds. The van der Waals surface area contributed by atoms with Crippen LogP contribution in [0.3, 0.4) is 0 Å². The monoisotopic (exact) mass is 459 g/mol. The summed E-state index contributed by atoms with van der Waals surface area (Å²) in [6.45, 7) is 6.86. The first-order chi connectivity index (χ1) is 13.9. The molecular weight excluding hydrogens is 434 g/mol. The highest BCUT2D eigenvalue weighted by molar-refractivity contribution is 9.10. The molecule has 1 saturated heterocycles. The lowest BCUT2D eigenvalue weighted by atomic mass is 10.2. The van der Waals surface area contributed by atoms with E-state index in [9.17, 15) is 9.59 Å². The molecule has 0 spiro atoms. The average molecular weight is 460 g/mol. The molecule has 29 heavy (non-hydrogen) atoms. The molecule has 2 aromatic carbocycles. The Morgan fingerprint density at radius 3 is 2.31 bits per heavy atom. The summed E-state index contributed by atoms with van der Waals surface area (Å²) in [7, 11) is 0. The molecule has 0 saturated carbocycles. The second-order valence-corrected chi connectivity index (χ2v) is 8.15. The summed E-state index contributed by atoms with van der Waals surface area (Å²) in [5.41, 5.74) is 3.08. The van der Waals surface area contributed by atoms with Crippen LogP contribution in [-0.2, 0) is 9.59 Å². The van der Waals surface area contributed by atoms with E-state index in [4.69, 9.17) is 4.74 Å². The Morgan fingerprint density at radius 2 is 1.66 bits per heavy atom. The van der Waals surface area contributed by atoms with E-state index >= 15 is 0 Å². The number of ether oxygens (including phenoxy) is 1. The Hall–Kier alpha value is -2.38. The minimum absolute atomic E-state index is 0.00950. The number of hydrogen-bond donors (Lipinski definition) is 1. The van der Waals surface area contributed by atoms with E-state index in [1.54, 1.807) is 4.90 Å². The van der Waals surface area contributed by atoms with Crippen LogP contribution in [0.1, 0.15) is 11.1 Å². The molecule has 154 valence electrons. The molecule has 0 aromatic heterocycles. The zero-order chi connectivity index (χ0) is 20.8. The summed E-state index contributed by atoms with van der Waals surface area (Å²) in [5.74, 6) is 0.581. The van der Waals surface area contributed by atoms with E-state index in [0.717, 1.165) is 21.3 Å². The minimum Gasteiger partial charge on any atom is -0.483 e. The topological polar surface area (TPSA) is 61.9 Å². The Morgan fingerprint density at radius 1 is 1.00 bits per heavy atom. The number of anilines is 1. The third-order valence-corrected chi connectivity index (χ3v) is 5.49. The second-order valence-electron chi connectivity index (χ2n) is 7.29. The zero-order valence-corrected chi connectivity index (χ0v) is 18.4. The van der Waals surface area contributed by atoms with Crippen molar-refractivity contribution in [2.75, 3.05) is 44.6 Å². The van der Waals surface area contributed by atoms with Crippen LogP contribution < -0.4 is 10.1 Å². The van der Waals surface area contributed by atoms with E-state index in [-0.39, 0.29) is 18.4 Å². The predicted octanol–water partition coefficient (Wildman–Crippen LogP) is 3.23. The third-order valence-electron chi connectivity index (χ3n) is 4.87. The summed E-state index contributed by atoms with van der Waals surface area (Å²) in [4.78, 5) is 28.5. The molecule has 0 unspecified atom stereocenters. The number of nitrogens with zero attached hydrogens (tertiary/aromatic N) is 2. The fourth-order valence-electron chi connectivity index (χ4n) is 3.15. The van der Waals surface area contributed by atoms with Crippen LogP contribution in [0, 0.1) is 13.8 Å². The molecule has 1 aliphatic rings. The number of aryl methyl sites for hydroxylation is 2. The highest BCUT2D eigenvalue weighted by Gasteiger charge is 2.23. The molecule has 1 fully saturated rings. The zero-order valence-electron chi connectivity index (χ0n) is 16.8. The number of piperazine rings is 1. The highest BCUT2D eigenvalue weighted by Crippen LogP contribution is 2.25. The van der Waals surface area contributed by atoms with Gasteiger partial charge in [0.1, 0.15) is 5.75 Å². The van der Waals surface area contributed by atoms with Crippen molar-refractivity contribution in [3.05, 3.63) is 58.1 Å². The maximum atomic E-state index is 12.4. The Labute approximate surface area is 180 Å². The van der Waals surface area contributed by atoms with Gasteiger partial charge in [-0.2, -0.15) is 0 Å². The van der Waals surface area contributed by atoms with E-state index in [1.165, 1.54) is 0 Å². The lowest BCUT2D eigenvalue weighted by Gasteiger charge is -2.34. The number of hydrogen-bond acceptors (Lipinski definition) is 4. The van der Waals surface area contributed by atoms with E-state index < -0.39 is 0 Å². The van der Waals surface area contributed by atoms with Gasteiger partial charge in [-0.3, -0.25) is 14.5 Å². The van der Waals surface area contributed by atoms with Crippen molar-refractivity contribution >= 4 is 33.4 Å². The van der Waals surface area contributed by atoms with E-state index in [2.05, 4.69) is 26.1 Å². The quantitative estimate of drug-likeness (QED) is 0.719. The van der Waals surface area contributed by atoms with Gasteiger partial charge in [-0.1, -0.05) is 23.8 Å². The van der Waals surface area contributed by atoms with Crippen molar-refractivity contribution in [3.63, 3.8) is 0 Å². The summed E-state index contributed by atoms with van der Waals surface area (Å²) < 4.78 is 6.50. The Balaban J connectivity index is 1.40. The van der Waals surface area contributed by atoms with Crippen LogP contribution in [0.15, 0.2) is 46.9 Å². The molecule has 1 aliphatic heterocycles. The second kappa shape index (κ2) is 9.89. The van der Waals surface area contributed by atoms with Crippen LogP contribution in [0.25, 0.3) is 0 Å². The lowest BCUT2D eigenvalue weighted by molar-refractivity contribution is -0.135. The van der Waals surface area contributed by atoms with Crippen molar-refractivity contribution < 1.29 is 14.3 Å². The lowest BCUT2D eigenvalue weighted by Crippen LogP contribution is -2.51. The van der Waals surface area contributed by atoms with Gasteiger partial charge in [-0.15, -0.1) is 0 Å². The predicted molar refractivity (Wildman–Crippen MR) is 117 cm³/mol. The summed E-state index contributed by atoms with van der Waals surface area (Å²) >= 11 is 3.46. The van der Waals surface area contributed by atoms with Gasteiger partial charge in [-0.25, -0.2) is 0 Å². The van der Waals surface area contributed by atoms with Gasteiger partial charge in [0.2, 0.25) is 5.91 Å². The van der Waals surface area contributed by atoms with Gasteiger partial charge in [0.25, 0.3) is 5.91 Å². The van der Waals surface area contributed by atoms with Crippen LogP contribution in [-0.4, -0.2) is 60.9 Å². The molecule has 6 nitrogen and oxygen atoms in total. The molecule has 2 aromatic rings. The molecule has 0 atom stereocenters. The summed E-state index contributed by atoms with van der Waals surface area (Å²) in [6.07, 6.45) is 0. The third kappa shape index (κ3) is 6.30. The van der Waals surface area contributed by atoms with Crippen molar-refractivity contribution in [2.24, 2.45) is 0 Å². The maximum Gasteiger partial charge on any atom is 0.260 e. The van der Waals surface area contributed by atoms with Gasteiger partial charge in [-0.05, 0) is 59.6 Å². The van der Waals surface area contributed by atoms with Crippen LogP contribution in [0.4, 0.5) is 5.69 Å². The molecule has 0 aliphatic carbocycles. The Kier molecular flexibility index (Phi) is 7.28. The molecule has 7 heteroatoms. The molecule has 0 radical (unpaired) electrons. The molecule has 3 rings (SSSR count). The van der Waals surface area contributed by atoms with Gasteiger partial charge in [0.15, 0.2) is 6.61 Å². The first-order valence-electron chi connectivity index (χ1n) is 9.66. The van der Waals surface area contributed by atoms with Gasteiger partial charge in [0, 0.05) is 31.9 Å². The van der Waals surface area contributed by atoms with Crippen molar-refractivity contribution in [3.8, 4) is 5.75 Å². The van der Waals surface area contributed by atoms with Gasteiger partial charge < -0.3 is 15.0 Å². The van der Waals surface area contributed by atoms with Crippen molar-refractivity contribution in [1.29, 1.82) is 0 Å². The Bertz CT molecular complexity index is 862. The van der Waals surface area contributed by atoms with Gasteiger partial charge >= 0.3 is 0 Å². The number of carbonyl (C=O) groups is 2.